The Hall–Kier alpha value is -0.690. The summed E-state index contributed by atoms with van der Waals surface area (Å²) in [4.78, 5) is 9.37. The minimum atomic E-state index is -0.745. The Bertz CT molecular complexity index is 96.7. The number of thiol groups is 1. The van der Waals surface area contributed by atoms with Gasteiger partial charge in [0.25, 0.3) is 0 Å². The lowest BCUT2D eigenvalue weighted by molar-refractivity contribution is -0.136. The fraction of sp³-hybridized carbons (Fsp3) is 0.500. The SMILES string of the molecule is CCC(=O)O.N#CS. The summed E-state index contributed by atoms with van der Waals surface area (Å²) in [5.41, 5.74) is 0. The molecule has 0 saturated carbocycles. The monoisotopic (exact) mass is 133 g/mol. The van der Waals surface area contributed by atoms with E-state index >= 15 is 0 Å². The molecule has 8 heavy (non-hydrogen) atoms. The lowest BCUT2D eigenvalue weighted by atomic mass is 10.5. The standard InChI is InChI=1S/C3H6O2.CHNS/c1-2-3(4)5;2-1-3/h2H2,1H3,(H,4,5);3H. The first-order valence-electron chi connectivity index (χ1n) is 1.94. The number of carbonyl (C=O) groups is 1. The molecule has 0 rings (SSSR count). The number of carboxylic acid groups (broad SMARTS) is 1. The van der Waals surface area contributed by atoms with Gasteiger partial charge in [-0.05, 0) is 0 Å². The van der Waals surface area contributed by atoms with Gasteiger partial charge in [-0.15, -0.1) is 0 Å². The summed E-state index contributed by atoms with van der Waals surface area (Å²) >= 11 is 3.09. The van der Waals surface area contributed by atoms with Crippen LogP contribution in [0.25, 0.3) is 0 Å². The van der Waals surface area contributed by atoms with Gasteiger partial charge in [0.05, 0.1) is 0 Å². The molecule has 0 aromatic heterocycles. The molecule has 0 atom stereocenters. The zero-order valence-corrected chi connectivity index (χ0v) is 5.35. The van der Waals surface area contributed by atoms with Crippen LogP contribution in [0.2, 0.25) is 0 Å². The molecule has 0 fully saturated rings. The Morgan fingerprint density at radius 1 is 2.00 bits per heavy atom. The van der Waals surface area contributed by atoms with Gasteiger partial charge in [0.1, 0.15) is 5.40 Å². The van der Waals surface area contributed by atoms with Crippen molar-refractivity contribution in [1.29, 1.82) is 5.26 Å². The molecule has 0 amide bonds. The van der Waals surface area contributed by atoms with Gasteiger partial charge in [-0.25, -0.2) is 0 Å². The van der Waals surface area contributed by atoms with E-state index in [9.17, 15) is 4.79 Å². The summed E-state index contributed by atoms with van der Waals surface area (Å²) in [6.45, 7) is 1.60. The normalized spacial score (nSPS) is 5.62. The first kappa shape index (κ1) is 10.3. The van der Waals surface area contributed by atoms with Crippen molar-refractivity contribution in [2.45, 2.75) is 13.3 Å². The quantitative estimate of drug-likeness (QED) is 0.412. The summed E-state index contributed by atoms with van der Waals surface area (Å²) in [5, 5.41) is 16.4. The maximum atomic E-state index is 9.37. The summed E-state index contributed by atoms with van der Waals surface area (Å²) in [5.74, 6) is -0.745. The Morgan fingerprint density at radius 2 is 2.12 bits per heavy atom. The molecule has 0 aliphatic rings. The second kappa shape index (κ2) is 9.58. The van der Waals surface area contributed by atoms with Crippen LogP contribution in [0.5, 0.6) is 0 Å². The Balaban J connectivity index is 0. The first-order valence-corrected chi connectivity index (χ1v) is 2.38. The lowest BCUT2D eigenvalue weighted by Gasteiger charge is -1.71. The van der Waals surface area contributed by atoms with Gasteiger partial charge in [0.2, 0.25) is 0 Å². The summed E-state index contributed by atoms with van der Waals surface area (Å²) in [6, 6.07) is 0. The van der Waals surface area contributed by atoms with Gasteiger partial charge in [-0.3, -0.25) is 4.79 Å². The van der Waals surface area contributed by atoms with Gasteiger partial charge < -0.3 is 5.11 Å². The third kappa shape index (κ3) is 57.5. The van der Waals surface area contributed by atoms with E-state index in [2.05, 4.69) is 12.6 Å². The molecule has 1 N–H and O–H groups in total. The average molecular weight is 133 g/mol. The molecule has 3 nitrogen and oxygen atoms in total. The maximum absolute atomic E-state index is 9.37. The van der Waals surface area contributed by atoms with Crippen molar-refractivity contribution in [2.75, 3.05) is 0 Å². The second-order valence-electron chi connectivity index (χ2n) is 0.847. The molecule has 0 bridgehead atoms. The Morgan fingerprint density at radius 3 is 2.12 bits per heavy atom. The summed E-state index contributed by atoms with van der Waals surface area (Å²) in [6.07, 6.45) is 0.222. The predicted molar refractivity (Wildman–Crippen MR) is 32.5 cm³/mol. The molecular formula is C4H7NO2S. The highest BCUT2D eigenvalue weighted by molar-refractivity contribution is 7.85. The van der Waals surface area contributed by atoms with Crippen molar-refractivity contribution in [3.63, 3.8) is 0 Å². The molecule has 46 valence electrons. The number of hydrogen-bond donors (Lipinski definition) is 2. The van der Waals surface area contributed by atoms with Gasteiger partial charge in [0.15, 0.2) is 0 Å². The van der Waals surface area contributed by atoms with Crippen LogP contribution in [0.1, 0.15) is 13.3 Å². The largest absolute Gasteiger partial charge is 0.481 e. The van der Waals surface area contributed by atoms with Crippen LogP contribution in [-0.4, -0.2) is 11.1 Å². The average Bonchev–Trinajstić information content (AvgIpc) is 1.69. The van der Waals surface area contributed by atoms with E-state index in [0.29, 0.717) is 0 Å². The van der Waals surface area contributed by atoms with Crippen molar-refractivity contribution >= 4 is 18.6 Å². The van der Waals surface area contributed by atoms with Crippen LogP contribution in [0.3, 0.4) is 0 Å². The molecule has 0 aliphatic heterocycles. The van der Waals surface area contributed by atoms with E-state index in [1.54, 1.807) is 6.92 Å². The van der Waals surface area contributed by atoms with Crippen LogP contribution in [0.4, 0.5) is 0 Å². The zero-order valence-electron chi connectivity index (χ0n) is 4.46. The number of nitrogens with zero attached hydrogens (tertiary/aromatic N) is 1. The summed E-state index contributed by atoms with van der Waals surface area (Å²) in [7, 11) is 0. The van der Waals surface area contributed by atoms with Crippen LogP contribution in [0, 0.1) is 10.7 Å². The van der Waals surface area contributed by atoms with E-state index in [1.165, 1.54) is 5.40 Å². The van der Waals surface area contributed by atoms with Crippen molar-refractivity contribution in [3.05, 3.63) is 0 Å². The minimum absolute atomic E-state index is 0.222. The molecule has 0 heterocycles. The zero-order chi connectivity index (χ0) is 6.99. The van der Waals surface area contributed by atoms with Gasteiger partial charge in [-0.2, -0.15) is 5.26 Å². The minimum Gasteiger partial charge on any atom is -0.481 e. The fourth-order valence-electron chi connectivity index (χ4n) is 0. The Kier molecular flexibility index (Phi) is 12.4. The highest BCUT2D eigenvalue weighted by Crippen LogP contribution is 1.67. The topological polar surface area (TPSA) is 61.1 Å². The number of nitriles is 1. The van der Waals surface area contributed by atoms with E-state index < -0.39 is 5.97 Å². The fourth-order valence-corrected chi connectivity index (χ4v) is 0. The molecule has 0 unspecified atom stereocenters. The maximum Gasteiger partial charge on any atom is 0.303 e. The number of thiocyanates is 1. The molecular weight excluding hydrogens is 126 g/mol. The highest BCUT2D eigenvalue weighted by Gasteiger charge is 1.80. The lowest BCUT2D eigenvalue weighted by Crippen LogP contribution is -1.86. The molecule has 0 saturated heterocycles. The first-order chi connectivity index (χ1) is 3.68. The van der Waals surface area contributed by atoms with Gasteiger partial charge >= 0.3 is 5.97 Å². The summed E-state index contributed by atoms with van der Waals surface area (Å²) < 4.78 is 0. The molecule has 4 heteroatoms. The van der Waals surface area contributed by atoms with Crippen molar-refractivity contribution in [3.8, 4) is 5.40 Å². The van der Waals surface area contributed by atoms with Crippen LogP contribution >= 0.6 is 12.6 Å². The van der Waals surface area contributed by atoms with Crippen molar-refractivity contribution in [2.24, 2.45) is 0 Å². The van der Waals surface area contributed by atoms with E-state index in [0.717, 1.165) is 0 Å². The van der Waals surface area contributed by atoms with E-state index in [-0.39, 0.29) is 6.42 Å². The molecule has 0 aromatic carbocycles. The Labute approximate surface area is 53.3 Å². The molecule has 0 spiro atoms. The number of rotatable bonds is 1. The van der Waals surface area contributed by atoms with Crippen LogP contribution in [-0.2, 0) is 4.79 Å². The van der Waals surface area contributed by atoms with Crippen molar-refractivity contribution in [1.82, 2.24) is 0 Å². The third-order valence-corrected chi connectivity index (χ3v) is 0.302. The van der Waals surface area contributed by atoms with Gasteiger partial charge in [0, 0.05) is 6.42 Å². The van der Waals surface area contributed by atoms with Crippen molar-refractivity contribution < 1.29 is 9.90 Å². The number of hydrogen-bond acceptors (Lipinski definition) is 3. The number of carboxylic acids is 1. The van der Waals surface area contributed by atoms with Crippen LogP contribution < -0.4 is 0 Å². The van der Waals surface area contributed by atoms with E-state index in [4.69, 9.17) is 10.4 Å². The molecule has 0 radical (unpaired) electrons. The smallest absolute Gasteiger partial charge is 0.303 e. The van der Waals surface area contributed by atoms with Gasteiger partial charge in [-0.1, -0.05) is 19.6 Å². The van der Waals surface area contributed by atoms with E-state index in [1.807, 2.05) is 0 Å². The second-order valence-corrected chi connectivity index (χ2v) is 1.05. The number of aliphatic carboxylic acids is 1. The molecule has 0 aromatic rings. The third-order valence-electron chi connectivity index (χ3n) is 0.302. The van der Waals surface area contributed by atoms with Crippen LogP contribution in [0.15, 0.2) is 0 Å². The predicted octanol–water partition coefficient (Wildman–Crippen LogP) is 0.878. The molecule has 0 aliphatic carbocycles. The highest BCUT2D eigenvalue weighted by atomic mass is 32.1.